The Labute approximate surface area is 198 Å². The van der Waals surface area contributed by atoms with Gasteiger partial charge in [0.25, 0.3) is 0 Å². The molecule has 0 N–H and O–H groups in total. The molecule has 4 saturated carbocycles. The van der Waals surface area contributed by atoms with Crippen LogP contribution < -0.4 is 0 Å². The zero-order valence-electron chi connectivity index (χ0n) is 21.0. The van der Waals surface area contributed by atoms with Crippen LogP contribution in [0.4, 0.5) is 0 Å². The highest BCUT2D eigenvalue weighted by Crippen LogP contribution is 2.71. The highest BCUT2D eigenvalue weighted by Gasteiger charge is 2.63. The minimum Gasteiger partial charge on any atom is -0.297 e. The second kappa shape index (κ2) is 7.39. The summed E-state index contributed by atoms with van der Waals surface area (Å²) < 4.78 is 1.85. The van der Waals surface area contributed by atoms with Crippen LogP contribution in [0, 0.1) is 45.8 Å². The molecule has 8 atom stereocenters. The molecule has 4 aliphatic carbocycles. The average molecular weight is 448 g/mol. The standard InChI is InChI=1S/C29H41N3O/c1-19-7-13-29(4)23-9-12-28(3)22(21(23)8-11-27(29,2)15-19)5-6-24(28)26(33)18-32-17-20-10-14-30-16-25(20)31-32/h10,14,16-17,19,21-24H,5-9,11-13,15,18H2,1-4H3. The lowest BCUT2D eigenvalue weighted by Crippen LogP contribution is -2.57. The molecule has 33 heavy (non-hydrogen) atoms. The fraction of sp³-hybridized carbons (Fsp3) is 0.759. The second-order valence-corrected chi connectivity index (χ2v) is 13.1. The Morgan fingerprint density at radius 2 is 1.91 bits per heavy atom. The fourth-order valence-corrected chi connectivity index (χ4v) is 9.74. The van der Waals surface area contributed by atoms with E-state index in [0.717, 1.165) is 41.0 Å². The first-order chi connectivity index (χ1) is 15.7. The first-order valence-electron chi connectivity index (χ1n) is 13.5. The van der Waals surface area contributed by atoms with E-state index in [9.17, 15) is 4.79 Å². The number of pyridine rings is 1. The number of carbonyl (C=O) groups is 1. The molecule has 0 aliphatic heterocycles. The van der Waals surface area contributed by atoms with Crippen LogP contribution in [-0.2, 0) is 11.3 Å². The van der Waals surface area contributed by atoms with Gasteiger partial charge >= 0.3 is 0 Å². The molecule has 2 aromatic heterocycles. The van der Waals surface area contributed by atoms with Crippen LogP contribution in [0.1, 0.15) is 85.5 Å². The maximum absolute atomic E-state index is 13.6. The van der Waals surface area contributed by atoms with E-state index in [0.29, 0.717) is 23.2 Å². The van der Waals surface area contributed by atoms with Gasteiger partial charge in [-0.15, -0.1) is 0 Å². The molecule has 0 bridgehead atoms. The summed E-state index contributed by atoms with van der Waals surface area (Å²) in [4.78, 5) is 17.8. The van der Waals surface area contributed by atoms with E-state index < -0.39 is 0 Å². The summed E-state index contributed by atoms with van der Waals surface area (Å²) >= 11 is 0. The first kappa shape index (κ1) is 21.8. The number of hydrogen-bond acceptors (Lipinski definition) is 3. The third-order valence-electron chi connectivity index (χ3n) is 11.7. The van der Waals surface area contributed by atoms with Gasteiger partial charge in [0.05, 0.1) is 12.7 Å². The molecule has 0 aromatic carbocycles. The number of fused-ring (bicyclic) bond motifs is 6. The molecule has 4 nitrogen and oxygen atoms in total. The summed E-state index contributed by atoms with van der Waals surface area (Å²) in [7, 11) is 0. The predicted octanol–water partition coefficient (Wildman–Crippen LogP) is 6.69. The highest BCUT2D eigenvalue weighted by atomic mass is 16.1. The van der Waals surface area contributed by atoms with Gasteiger partial charge in [0.15, 0.2) is 5.78 Å². The number of ketones is 1. The van der Waals surface area contributed by atoms with E-state index in [1.165, 1.54) is 51.4 Å². The molecule has 2 heterocycles. The molecule has 0 spiro atoms. The highest BCUT2D eigenvalue weighted by molar-refractivity contribution is 5.83. The van der Waals surface area contributed by atoms with Crippen molar-refractivity contribution in [2.24, 2.45) is 45.8 Å². The number of carbonyl (C=O) groups excluding carboxylic acids is 1. The molecule has 178 valence electrons. The maximum atomic E-state index is 13.6. The van der Waals surface area contributed by atoms with Crippen LogP contribution in [0.25, 0.3) is 10.9 Å². The molecular weight excluding hydrogens is 406 g/mol. The lowest BCUT2D eigenvalue weighted by atomic mass is 9.40. The Morgan fingerprint density at radius 1 is 1.06 bits per heavy atom. The van der Waals surface area contributed by atoms with Gasteiger partial charge in [-0.2, -0.15) is 5.10 Å². The van der Waals surface area contributed by atoms with Crippen molar-refractivity contribution in [3.63, 3.8) is 0 Å². The zero-order chi connectivity index (χ0) is 23.0. The van der Waals surface area contributed by atoms with E-state index in [4.69, 9.17) is 0 Å². The minimum atomic E-state index is 0.179. The largest absolute Gasteiger partial charge is 0.297 e. The van der Waals surface area contributed by atoms with E-state index in [-0.39, 0.29) is 11.3 Å². The molecule has 4 aliphatic rings. The summed E-state index contributed by atoms with van der Waals surface area (Å²) in [6, 6.07) is 1.97. The predicted molar refractivity (Wildman–Crippen MR) is 132 cm³/mol. The Kier molecular flexibility index (Phi) is 4.88. The third-order valence-corrected chi connectivity index (χ3v) is 11.7. The van der Waals surface area contributed by atoms with E-state index in [1.54, 1.807) is 12.4 Å². The van der Waals surface area contributed by atoms with Crippen molar-refractivity contribution in [3.8, 4) is 0 Å². The molecular formula is C29H41N3O. The first-order valence-corrected chi connectivity index (χ1v) is 13.5. The Morgan fingerprint density at radius 3 is 2.73 bits per heavy atom. The van der Waals surface area contributed by atoms with Crippen LogP contribution in [0.5, 0.6) is 0 Å². The second-order valence-electron chi connectivity index (χ2n) is 13.1. The van der Waals surface area contributed by atoms with Crippen molar-refractivity contribution < 1.29 is 4.79 Å². The monoisotopic (exact) mass is 447 g/mol. The van der Waals surface area contributed by atoms with Gasteiger partial charge in [0.2, 0.25) is 0 Å². The van der Waals surface area contributed by atoms with Gasteiger partial charge in [-0.3, -0.25) is 14.5 Å². The van der Waals surface area contributed by atoms with Gasteiger partial charge in [-0.25, -0.2) is 0 Å². The lowest BCUT2D eigenvalue weighted by Gasteiger charge is -2.65. The van der Waals surface area contributed by atoms with E-state index >= 15 is 0 Å². The van der Waals surface area contributed by atoms with Crippen LogP contribution >= 0.6 is 0 Å². The summed E-state index contributed by atoms with van der Waals surface area (Å²) in [6.45, 7) is 10.6. The normalized spacial score (nSPS) is 44.8. The van der Waals surface area contributed by atoms with Crippen molar-refractivity contribution in [1.82, 2.24) is 14.8 Å². The van der Waals surface area contributed by atoms with Crippen molar-refractivity contribution in [1.29, 1.82) is 0 Å². The molecule has 4 fully saturated rings. The van der Waals surface area contributed by atoms with Crippen LogP contribution in [0.3, 0.4) is 0 Å². The SMILES string of the molecule is CC1CCC2(C)C3CCC4(C)C(C(=O)Cn5cc6ccncc6n5)CCC4C3CCC2(C)C1. The Hall–Kier alpha value is -1.71. The van der Waals surface area contributed by atoms with Crippen molar-refractivity contribution >= 4 is 16.7 Å². The third kappa shape index (κ3) is 3.11. The molecule has 0 amide bonds. The average Bonchev–Trinajstić information content (AvgIpc) is 3.34. The van der Waals surface area contributed by atoms with Crippen LogP contribution in [0.2, 0.25) is 0 Å². The lowest BCUT2D eigenvalue weighted by molar-refractivity contribution is -0.162. The summed E-state index contributed by atoms with van der Waals surface area (Å²) in [5.41, 5.74) is 2.07. The Bertz CT molecular complexity index is 1040. The number of rotatable bonds is 3. The molecule has 6 rings (SSSR count). The molecule has 4 heteroatoms. The molecule has 8 unspecified atom stereocenters. The van der Waals surface area contributed by atoms with Crippen LogP contribution in [-0.4, -0.2) is 20.5 Å². The summed E-state index contributed by atoms with van der Waals surface area (Å²) in [5.74, 6) is 3.90. The van der Waals surface area contributed by atoms with Gasteiger partial charge in [-0.1, -0.05) is 34.1 Å². The van der Waals surface area contributed by atoms with Gasteiger partial charge < -0.3 is 0 Å². The fourth-order valence-electron chi connectivity index (χ4n) is 9.74. The van der Waals surface area contributed by atoms with Gasteiger partial charge in [-0.05, 0) is 97.3 Å². The molecule has 2 aromatic rings. The summed E-state index contributed by atoms with van der Waals surface area (Å²) in [5, 5.41) is 5.68. The van der Waals surface area contributed by atoms with Crippen molar-refractivity contribution in [2.45, 2.75) is 92.0 Å². The van der Waals surface area contributed by atoms with E-state index in [1.807, 2.05) is 16.9 Å². The van der Waals surface area contributed by atoms with Crippen molar-refractivity contribution in [3.05, 3.63) is 24.7 Å². The molecule has 0 radical (unpaired) electrons. The number of Topliss-reactive ketones (excluding diaryl/α,β-unsaturated/α-hetero) is 1. The Balaban J connectivity index is 1.23. The number of hydrogen-bond donors (Lipinski definition) is 0. The summed E-state index contributed by atoms with van der Waals surface area (Å²) in [6.07, 6.45) is 17.5. The van der Waals surface area contributed by atoms with Crippen molar-refractivity contribution in [2.75, 3.05) is 0 Å². The maximum Gasteiger partial charge on any atom is 0.157 e. The smallest absolute Gasteiger partial charge is 0.157 e. The van der Waals surface area contributed by atoms with Gasteiger partial charge in [0, 0.05) is 23.7 Å². The molecule has 0 saturated heterocycles. The van der Waals surface area contributed by atoms with Crippen LogP contribution in [0.15, 0.2) is 24.7 Å². The topological polar surface area (TPSA) is 47.8 Å². The van der Waals surface area contributed by atoms with E-state index in [2.05, 4.69) is 37.8 Å². The van der Waals surface area contributed by atoms with Gasteiger partial charge in [0.1, 0.15) is 5.52 Å². The zero-order valence-corrected chi connectivity index (χ0v) is 21.0. The number of nitrogens with zero attached hydrogens (tertiary/aromatic N) is 3. The minimum absolute atomic E-state index is 0.179. The number of aromatic nitrogens is 3. The quantitative estimate of drug-likeness (QED) is 0.527.